The van der Waals surface area contributed by atoms with Gasteiger partial charge in [-0.3, -0.25) is 14.6 Å². The number of benzene rings is 3. The lowest BCUT2D eigenvalue weighted by atomic mass is 10.0. The predicted molar refractivity (Wildman–Crippen MR) is 133 cm³/mol. The van der Waals surface area contributed by atoms with Gasteiger partial charge < -0.3 is 14.8 Å². The quantitative estimate of drug-likeness (QED) is 0.590. The van der Waals surface area contributed by atoms with Crippen molar-refractivity contribution in [3.63, 3.8) is 0 Å². The first-order valence-electron chi connectivity index (χ1n) is 11.8. The van der Waals surface area contributed by atoms with Crippen molar-refractivity contribution in [2.24, 2.45) is 0 Å². The van der Waals surface area contributed by atoms with Crippen molar-refractivity contribution in [3.8, 4) is 11.5 Å². The van der Waals surface area contributed by atoms with Crippen LogP contribution in [0.1, 0.15) is 28.3 Å². The first kappa shape index (κ1) is 22.4. The molecule has 6 heteroatoms. The Bertz CT molecular complexity index is 1140. The molecule has 176 valence electrons. The Morgan fingerprint density at radius 3 is 2.32 bits per heavy atom. The molecule has 0 aromatic heterocycles. The van der Waals surface area contributed by atoms with Crippen molar-refractivity contribution in [1.29, 1.82) is 0 Å². The highest BCUT2D eigenvalue weighted by Crippen LogP contribution is 2.33. The molecule has 0 spiro atoms. The Kier molecular flexibility index (Phi) is 6.52. The normalized spacial score (nSPS) is 16.9. The van der Waals surface area contributed by atoms with E-state index >= 15 is 0 Å². The van der Waals surface area contributed by atoms with E-state index in [1.165, 1.54) is 5.56 Å². The predicted octanol–water partition coefficient (Wildman–Crippen LogP) is 4.53. The number of rotatable bonds is 6. The van der Waals surface area contributed by atoms with Gasteiger partial charge in [0.05, 0.1) is 0 Å². The number of aryl methyl sites for hydroxylation is 2. The summed E-state index contributed by atoms with van der Waals surface area (Å²) in [6.45, 7) is 8.70. The third-order valence-electron chi connectivity index (χ3n) is 6.47. The number of carbonyl (C=O) groups excluding carboxylic acids is 1. The van der Waals surface area contributed by atoms with Crippen LogP contribution in [-0.2, 0) is 11.3 Å². The van der Waals surface area contributed by atoms with E-state index in [9.17, 15) is 4.79 Å². The Hall–Kier alpha value is -3.35. The summed E-state index contributed by atoms with van der Waals surface area (Å²) < 4.78 is 10.9. The van der Waals surface area contributed by atoms with Gasteiger partial charge in [-0.25, -0.2) is 0 Å². The molecule has 34 heavy (non-hydrogen) atoms. The van der Waals surface area contributed by atoms with E-state index in [0.717, 1.165) is 66.6 Å². The number of amides is 1. The summed E-state index contributed by atoms with van der Waals surface area (Å²) in [5, 5.41) is 3.17. The van der Waals surface area contributed by atoms with Crippen LogP contribution in [0.2, 0.25) is 0 Å². The van der Waals surface area contributed by atoms with Crippen molar-refractivity contribution >= 4 is 11.6 Å². The van der Waals surface area contributed by atoms with Gasteiger partial charge in [-0.1, -0.05) is 42.5 Å². The van der Waals surface area contributed by atoms with Gasteiger partial charge in [-0.15, -0.1) is 0 Å². The number of piperazine rings is 1. The average molecular weight is 458 g/mol. The van der Waals surface area contributed by atoms with Gasteiger partial charge in [0.2, 0.25) is 12.7 Å². The third kappa shape index (κ3) is 5.08. The molecule has 0 radical (unpaired) electrons. The van der Waals surface area contributed by atoms with Gasteiger partial charge in [0, 0.05) is 38.4 Å². The fourth-order valence-electron chi connectivity index (χ4n) is 4.90. The highest BCUT2D eigenvalue weighted by molar-refractivity contribution is 5.95. The fourth-order valence-corrected chi connectivity index (χ4v) is 4.90. The Morgan fingerprint density at radius 1 is 0.882 bits per heavy atom. The van der Waals surface area contributed by atoms with Crippen molar-refractivity contribution in [3.05, 3.63) is 89.0 Å². The van der Waals surface area contributed by atoms with Gasteiger partial charge in [0.15, 0.2) is 11.5 Å². The average Bonchev–Trinajstić information content (AvgIpc) is 3.28. The van der Waals surface area contributed by atoms with Gasteiger partial charge in [0.25, 0.3) is 0 Å². The monoisotopic (exact) mass is 457 g/mol. The SMILES string of the molecule is Cc1cc(C)cc(NC(=O)C(c2ccccc2)N2CCN(Cc3ccc4c(c3)OCO4)CC2)c1. The number of carbonyl (C=O) groups is 1. The highest BCUT2D eigenvalue weighted by Gasteiger charge is 2.30. The molecule has 1 unspecified atom stereocenters. The van der Waals surface area contributed by atoms with E-state index < -0.39 is 0 Å². The zero-order valence-electron chi connectivity index (χ0n) is 19.8. The van der Waals surface area contributed by atoms with E-state index in [4.69, 9.17) is 9.47 Å². The number of hydrogen-bond donors (Lipinski definition) is 1. The molecule has 1 atom stereocenters. The van der Waals surface area contributed by atoms with Gasteiger partial charge in [-0.05, 0) is 60.4 Å². The van der Waals surface area contributed by atoms with Crippen LogP contribution in [0.4, 0.5) is 5.69 Å². The van der Waals surface area contributed by atoms with Gasteiger partial charge >= 0.3 is 0 Å². The van der Waals surface area contributed by atoms with Crippen LogP contribution in [0.15, 0.2) is 66.7 Å². The van der Waals surface area contributed by atoms with Crippen LogP contribution in [0, 0.1) is 13.8 Å². The molecule has 6 nitrogen and oxygen atoms in total. The molecular formula is C28H31N3O3. The maximum absolute atomic E-state index is 13.5. The molecule has 1 amide bonds. The molecule has 1 N–H and O–H groups in total. The van der Waals surface area contributed by atoms with E-state index in [-0.39, 0.29) is 11.9 Å². The zero-order valence-corrected chi connectivity index (χ0v) is 19.8. The molecule has 2 heterocycles. The maximum atomic E-state index is 13.5. The van der Waals surface area contributed by atoms with Crippen molar-refractivity contribution in [2.45, 2.75) is 26.4 Å². The lowest BCUT2D eigenvalue weighted by Crippen LogP contribution is -2.49. The third-order valence-corrected chi connectivity index (χ3v) is 6.47. The molecule has 2 aliphatic rings. The molecule has 5 rings (SSSR count). The second-order valence-corrected chi connectivity index (χ2v) is 9.18. The number of anilines is 1. The second-order valence-electron chi connectivity index (χ2n) is 9.18. The largest absolute Gasteiger partial charge is 0.454 e. The number of fused-ring (bicyclic) bond motifs is 1. The van der Waals surface area contributed by atoms with Crippen molar-refractivity contribution in [2.75, 3.05) is 38.3 Å². The summed E-state index contributed by atoms with van der Waals surface area (Å²) in [5.41, 5.74) is 5.37. The van der Waals surface area contributed by atoms with Crippen LogP contribution < -0.4 is 14.8 Å². The van der Waals surface area contributed by atoms with E-state index in [1.807, 2.05) is 48.5 Å². The Labute approximate surface area is 201 Å². The summed E-state index contributed by atoms with van der Waals surface area (Å²) in [5.74, 6) is 1.65. The van der Waals surface area contributed by atoms with Crippen LogP contribution in [-0.4, -0.2) is 48.7 Å². The molecular weight excluding hydrogens is 426 g/mol. The smallest absolute Gasteiger partial charge is 0.246 e. The molecule has 1 saturated heterocycles. The minimum absolute atomic E-state index is 0.0143. The highest BCUT2D eigenvalue weighted by atomic mass is 16.7. The molecule has 2 aliphatic heterocycles. The second kappa shape index (κ2) is 9.87. The first-order chi connectivity index (χ1) is 16.5. The van der Waals surface area contributed by atoms with E-state index in [0.29, 0.717) is 6.79 Å². The topological polar surface area (TPSA) is 54.0 Å². The number of hydrogen-bond acceptors (Lipinski definition) is 5. The first-order valence-corrected chi connectivity index (χ1v) is 11.8. The summed E-state index contributed by atoms with van der Waals surface area (Å²) in [4.78, 5) is 18.2. The molecule has 3 aromatic carbocycles. The molecule has 0 saturated carbocycles. The van der Waals surface area contributed by atoms with Crippen molar-refractivity contribution < 1.29 is 14.3 Å². The van der Waals surface area contributed by atoms with Crippen LogP contribution in [0.5, 0.6) is 11.5 Å². The standard InChI is InChI=1S/C28H31N3O3/c1-20-14-21(2)16-24(15-20)29-28(32)27(23-6-4-3-5-7-23)31-12-10-30(11-13-31)18-22-8-9-25-26(17-22)34-19-33-25/h3-9,14-17,27H,10-13,18-19H2,1-2H3,(H,29,32). The zero-order chi connectivity index (χ0) is 23.5. The van der Waals surface area contributed by atoms with Gasteiger partial charge in [-0.2, -0.15) is 0 Å². The summed E-state index contributed by atoms with van der Waals surface area (Å²) in [6.07, 6.45) is 0. The van der Waals surface area contributed by atoms with Crippen molar-refractivity contribution in [1.82, 2.24) is 9.80 Å². The fraction of sp³-hybridized carbons (Fsp3) is 0.321. The van der Waals surface area contributed by atoms with E-state index in [1.54, 1.807) is 0 Å². The molecule has 1 fully saturated rings. The summed E-state index contributed by atoms with van der Waals surface area (Å²) >= 11 is 0. The summed E-state index contributed by atoms with van der Waals surface area (Å²) in [7, 11) is 0. The molecule has 3 aromatic rings. The number of nitrogens with one attached hydrogen (secondary N) is 1. The van der Waals surface area contributed by atoms with E-state index in [2.05, 4.69) is 47.2 Å². The lowest BCUT2D eigenvalue weighted by Gasteiger charge is -2.39. The molecule has 0 bridgehead atoms. The lowest BCUT2D eigenvalue weighted by molar-refractivity contribution is -0.122. The minimum Gasteiger partial charge on any atom is -0.454 e. The summed E-state index contributed by atoms with van der Waals surface area (Å²) in [6, 6.07) is 22.1. The Morgan fingerprint density at radius 2 is 1.59 bits per heavy atom. The maximum Gasteiger partial charge on any atom is 0.246 e. The van der Waals surface area contributed by atoms with Crippen LogP contribution in [0.25, 0.3) is 0 Å². The van der Waals surface area contributed by atoms with Crippen LogP contribution >= 0.6 is 0 Å². The van der Waals surface area contributed by atoms with Gasteiger partial charge in [0.1, 0.15) is 6.04 Å². The number of nitrogens with zero attached hydrogens (tertiary/aromatic N) is 2. The number of ether oxygens (including phenoxy) is 2. The Balaban J connectivity index is 1.27. The minimum atomic E-state index is -0.324. The van der Waals surface area contributed by atoms with Crippen LogP contribution in [0.3, 0.4) is 0 Å². The molecule has 0 aliphatic carbocycles.